The molecule has 2 rings (SSSR count). The number of carbonyl (C=O) groups is 1. The highest BCUT2D eigenvalue weighted by Gasteiger charge is 2.24. The molecule has 4 heteroatoms. The van der Waals surface area contributed by atoms with Crippen LogP contribution in [0, 0.1) is 0 Å². The van der Waals surface area contributed by atoms with Gasteiger partial charge in [-0.25, -0.2) is 4.79 Å². The van der Waals surface area contributed by atoms with Crippen LogP contribution in [0.1, 0.15) is 31.6 Å². The van der Waals surface area contributed by atoms with Gasteiger partial charge in [-0.05, 0) is 31.9 Å². The number of amides is 2. The van der Waals surface area contributed by atoms with E-state index in [0.717, 1.165) is 18.6 Å². The van der Waals surface area contributed by atoms with E-state index in [1.54, 1.807) is 6.26 Å². The number of urea groups is 1. The molecule has 0 saturated heterocycles. The largest absolute Gasteiger partial charge is 0.467 e. The van der Waals surface area contributed by atoms with Gasteiger partial charge in [-0.3, -0.25) is 0 Å². The highest BCUT2D eigenvalue weighted by molar-refractivity contribution is 5.74. The minimum Gasteiger partial charge on any atom is -0.467 e. The Morgan fingerprint density at radius 1 is 1.64 bits per heavy atom. The van der Waals surface area contributed by atoms with E-state index in [1.165, 1.54) is 0 Å². The van der Waals surface area contributed by atoms with Gasteiger partial charge in [-0.1, -0.05) is 0 Å². The normalized spacial score (nSPS) is 17.5. The van der Waals surface area contributed by atoms with Gasteiger partial charge in [0, 0.05) is 6.04 Å². The van der Waals surface area contributed by atoms with E-state index in [0.29, 0.717) is 6.04 Å². The van der Waals surface area contributed by atoms with Crippen LogP contribution < -0.4 is 10.6 Å². The van der Waals surface area contributed by atoms with E-state index in [-0.39, 0.29) is 12.1 Å². The summed E-state index contributed by atoms with van der Waals surface area (Å²) in [6.45, 7) is 1.89. The number of hydrogen-bond acceptors (Lipinski definition) is 2. The molecule has 1 aliphatic rings. The Morgan fingerprint density at radius 3 is 3.00 bits per heavy atom. The molecular weight excluding hydrogens is 180 g/mol. The average molecular weight is 194 g/mol. The molecule has 2 N–H and O–H groups in total. The molecule has 1 fully saturated rings. The molecule has 1 atom stereocenters. The molecule has 2 amide bonds. The Hall–Kier alpha value is -1.45. The molecule has 0 radical (unpaired) electrons. The maximum absolute atomic E-state index is 11.3. The lowest BCUT2D eigenvalue weighted by molar-refractivity contribution is 0.235. The third-order valence-corrected chi connectivity index (χ3v) is 2.23. The molecule has 1 unspecified atom stereocenters. The first kappa shape index (κ1) is 9.12. The summed E-state index contributed by atoms with van der Waals surface area (Å²) in [5.41, 5.74) is 0. The van der Waals surface area contributed by atoms with Crippen LogP contribution >= 0.6 is 0 Å². The highest BCUT2D eigenvalue weighted by Crippen LogP contribution is 2.18. The first-order valence-corrected chi connectivity index (χ1v) is 4.86. The summed E-state index contributed by atoms with van der Waals surface area (Å²) in [7, 11) is 0. The van der Waals surface area contributed by atoms with Crippen molar-refractivity contribution in [3.63, 3.8) is 0 Å². The molecule has 4 nitrogen and oxygen atoms in total. The van der Waals surface area contributed by atoms with Crippen LogP contribution in [0.15, 0.2) is 22.8 Å². The molecule has 0 aromatic carbocycles. The second-order valence-electron chi connectivity index (χ2n) is 3.63. The van der Waals surface area contributed by atoms with Crippen LogP contribution in [0.25, 0.3) is 0 Å². The summed E-state index contributed by atoms with van der Waals surface area (Å²) < 4.78 is 5.17. The van der Waals surface area contributed by atoms with Crippen molar-refractivity contribution >= 4 is 6.03 Å². The quantitative estimate of drug-likeness (QED) is 0.770. The van der Waals surface area contributed by atoms with Gasteiger partial charge in [0.2, 0.25) is 0 Å². The van der Waals surface area contributed by atoms with Gasteiger partial charge in [0.15, 0.2) is 0 Å². The fourth-order valence-electron chi connectivity index (χ4n) is 1.26. The summed E-state index contributed by atoms with van der Waals surface area (Å²) in [5.74, 6) is 0.774. The van der Waals surface area contributed by atoms with Gasteiger partial charge < -0.3 is 15.1 Å². The SMILES string of the molecule is CC(NC(=O)NC1CC1)c1ccco1. The standard InChI is InChI=1S/C10H14N2O2/c1-7(9-3-2-6-14-9)11-10(13)12-8-4-5-8/h2-3,6-8H,4-5H2,1H3,(H2,11,12,13). The van der Waals surface area contributed by atoms with Gasteiger partial charge in [0.05, 0.1) is 12.3 Å². The molecule has 76 valence electrons. The molecular formula is C10H14N2O2. The summed E-state index contributed by atoms with van der Waals surface area (Å²) in [5, 5.41) is 5.66. The molecule has 1 heterocycles. The highest BCUT2D eigenvalue weighted by atomic mass is 16.3. The molecule has 1 saturated carbocycles. The van der Waals surface area contributed by atoms with E-state index in [2.05, 4.69) is 10.6 Å². The summed E-state index contributed by atoms with van der Waals surface area (Å²) in [4.78, 5) is 11.3. The van der Waals surface area contributed by atoms with E-state index in [1.807, 2.05) is 19.1 Å². The number of hydrogen-bond donors (Lipinski definition) is 2. The van der Waals surface area contributed by atoms with E-state index >= 15 is 0 Å². The van der Waals surface area contributed by atoms with Crippen molar-refractivity contribution < 1.29 is 9.21 Å². The maximum atomic E-state index is 11.3. The van der Waals surface area contributed by atoms with Crippen molar-refractivity contribution in [1.82, 2.24) is 10.6 Å². The Bertz CT molecular complexity index is 304. The lowest BCUT2D eigenvalue weighted by Crippen LogP contribution is -2.38. The van der Waals surface area contributed by atoms with E-state index < -0.39 is 0 Å². The van der Waals surface area contributed by atoms with Gasteiger partial charge in [0.1, 0.15) is 5.76 Å². The van der Waals surface area contributed by atoms with Crippen LogP contribution in [0.3, 0.4) is 0 Å². The predicted octanol–water partition coefficient (Wildman–Crippen LogP) is 1.80. The topological polar surface area (TPSA) is 54.3 Å². The van der Waals surface area contributed by atoms with Gasteiger partial charge >= 0.3 is 6.03 Å². The molecule has 0 aliphatic heterocycles. The Labute approximate surface area is 82.7 Å². The van der Waals surface area contributed by atoms with E-state index in [9.17, 15) is 4.79 Å². The van der Waals surface area contributed by atoms with Gasteiger partial charge in [0.25, 0.3) is 0 Å². The summed E-state index contributed by atoms with van der Waals surface area (Å²) >= 11 is 0. The average Bonchev–Trinajstić information content (AvgIpc) is 2.80. The maximum Gasteiger partial charge on any atom is 0.315 e. The Kier molecular flexibility index (Phi) is 2.43. The number of rotatable bonds is 3. The molecule has 0 bridgehead atoms. The van der Waals surface area contributed by atoms with Crippen molar-refractivity contribution in [2.45, 2.75) is 31.8 Å². The van der Waals surface area contributed by atoms with Crippen molar-refractivity contribution in [2.75, 3.05) is 0 Å². The van der Waals surface area contributed by atoms with Crippen LogP contribution in [0.5, 0.6) is 0 Å². The van der Waals surface area contributed by atoms with Crippen molar-refractivity contribution in [3.05, 3.63) is 24.2 Å². The van der Waals surface area contributed by atoms with Crippen molar-refractivity contribution in [2.24, 2.45) is 0 Å². The number of furan rings is 1. The second-order valence-corrected chi connectivity index (χ2v) is 3.63. The molecule has 1 aromatic rings. The van der Waals surface area contributed by atoms with E-state index in [4.69, 9.17) is 4.42 Å². The predicted molar refractivity (Wildman–Crippen MR) is 51.8 cm³/mol. The van der Waals surface area contributed by atoms with Gasteiger partial charge in [-0.2, -0.15) is 0 Å². The molecule has 0 spiro atoms. The monoisotopic (exact) mass is 194 g/mol. The van der Waals surface area contributed by atoms with Crippen molar-refractivity contribution in [3.8, 4) is 0 Å². The zero-order valence-corrected chi connectivity index (χ0v) is 8.12. The third kappa shape index (κ3) is 2.28. The van der Waals surface area contributed by atoms with Crippen LogP contribution in [0.4, 0.5) is 4.79 Å². The molecule has 1 aromatic heterocycles. The number of nitrogens with one attached hydrogen (secondary N) is 2. The lowest BCUT2D eigenvalue weighted by Gasteiger charge is -2.11. The van der Waals surface area contributed by atoms with Gasteiger partial charge in [-0.15, -0.1) is 0 Å². The first-order valence-electron chi connectivity index (χ1n) is 4.86. The lowest BCUT2D eigenvalue weighted by atomic mass is 10.2. The fourth-order valence-corrected chi connectivity index (χ4v) is 1.26. The first-order chi connectivity index (χ1) is 6.75. The molecule has 14 heavy (non-hydrogen) atoms. The number of carbonyl (C=O) groups excluding carboxylic acids is 1. The zero-order chi connectivity index (χ0) is 9.97. The second kappa shape index (κ2) is 3.74. The minimum absolute atomic E-state index is 0.0799. The summed E-state index contributed by atoms with van der Waals surface area (Å²) in [6, 6.07) is 3.85. The van der Waals surface area contributed by atoms with Crippen LogP contribution in [-0.2, 0) is 0 Å². The zero-order valence-electron chi connectivity index (χ0n) is 8.12. The Balaban J connectivity index is 1.81. The van der Waals surface area contributed by atoms with Crippen molar-refractivity contribution in [1.29, 1.82) is 0 Å². The molecule has 1 aliphatic carbocycles. The Morgan fingerprint density at radius 2 is 2.43 bits per heavy atom. The minimum atomic E-state index is -0.114. The van der Waals surface area contributed by atoms with Crippen LogP contribution in [0.2, 0.25) is 0 Å². The van der Waals surface area contributed by atoms with Crippen LogP contribution in [-0.4, -0.2) is 12.1 Å². The fraction of sp³-hybridized carbons (Fsp3) is 0.500. The third-order valence-electron chi connectivity index (χ3n) is 2.23. The smallest absolute Gasteiger partial charge is 0.315 e. The summed E-state index contributed by atoms with van der Waals surface area (Å²) in [6.07, 6.45) is 3.80.